The van der Waals surface area contributed by atoms with Gasteiger partial charge in [-0.3, -0.25) is 0 Å². The molecule has 2 N–H and O–H groups in total. The number of hydrogen-bond acceptors (Lipinski definition) is 5. The van der Waals surface area contributed by atoms with Crippen LogP contribution >= 0.6 is 0 Å². The van der Waals surface area contributed by atoms with Crippen molar-refractivity contribution in [2.75, 3.05) is 0 Å². The van der Waals surface area contributed by atoms with E-state index in [4.69, 9.17) is 0 Å². The van der Waals surface area contributed by atoms with Gasteiger partial charge in [-0.25, -0.2) is 4.79 Å². The van der Waals surface area contributed by atoms with Crippen molar-refractivity contribution in [2.24, 2.45) is 0 Å². The summed E-state index contributed by atoms with van der Waals surface area (Å²) < 4.78 is 8.77. The van der Waals surface area contributed by atoms with E-state index in [1.165, 1.54) is 12.1 Å². The van der Waals surface area contributed by atoms with Crippen molar-refractivity contribution >= 4 is 6.16 Å². The molecule has 74 valence electrons. The van der Waals surface area contributed by atoms with E-state index in [0.29, 0.717) is 0 Å². The summed E-state index contributed by atoms with van der Waals surface area (Å²) in [5.41, 5.74) is 0.262. The van der Waals surface area contributed by atoms with E-state index >= 15 is 0 Å². The zero-order valence-electron chi connectivity index (χ0n) is 7.08. The van der Waals surface area contributed by atoms with E-state index < -0.39 is 18.2 Å². The Morgan fingerprint density at radius 1 is 1.29 bits per heavy atom. The van der Waals surface area contributed by atoms with Gasteiger partial charge in [-0.15, -0.1) is 0 Å². The van der Waals surface area contributed by atoms with E-state index in [0.717, 1.165) is 0 Å². The Labute approximate surface area is 79.5 Å². The highest BCUT2D eigenvalue weighted by Gasteiger charge is 2.51. The van der Waals surface area contributed by atoms with Crippen LogP contribution in [0.3, 0.4) is 0 Å². The lowest BCUT2D eigenvalue weighted by Gasteiger charge is -2.21. The molecule has 2 rings (SSSR count). The highest BCUT2D eigenvalue weighted by atomic mass is 16.9. The molecule has 1 saturated heterocycles. The number of aliphatic hydroxyl groups is 2. The zero-order valence-corrected chi connectivity index (χ0v) is 7.08. The van der Waals surface area contributed by atoms with E-state index in [2.05, 4.69) is 9.47 Å². The van der Waals surface area contributed by atoms with Gasteiger partial charge in [0.1, 0.15) is 0 Å². The summed E-state index contributed by atoms with van der Waals surface area (Å²) in [6, 6.07) is 8.06. The quantitative estimate of drug-likeness (QED) is 0.632. The van der Waals surface area contributed by atoms with Crippen molar-refractivity contribution in [1.82, 2.24) is 0 Å². The lowest BCUT2D eigenvalue weighted by molar-refractivity contribution is -0.232. The summed E-state index contributed by atoms with van der Waals surface area (Å²) in [7, 11) is 0. The molecule has 0 bridgehead atoms. The predicted molar refractivity (Wildman–Crippen MR) is 43.9 cm³/mol. The minimum Gasteiger partial charge on any atom is -0.397 e. The maximum atomic E-state index is 10.7. The van der Waals surface area contributed by atoms with Gasteiger partial charge in [-0.05, 0) is 0 Å². The first kappa shape index (κ1) is 8.98. The van der Waals surface area contributed by atoms with Gasteiger partial charge < -0.3 is 19.7 Å². The summed E-state index contributed by atoms with van der Waals surface area (Å²) in [5.74, 6) is -2.10. The van der Waals surface area contributed by atoms with Crippen LogP contribution in [0.15, 0.2) is 30.3 Å². The first-order chi connectivity index (χ1) is 6.63. The maximum absolute atomic E-state index is 10.7. The summed E-state index contributed by atoms with van der Waals surface area (Å²) in [6.45, 7) is 0. The fourth-order valence-electron chi connectivity index (χ4n) is 1.25. The molecular weight excluding hydrogens is 188 g/mol. The van der Waals surface area contributed by atoms with E-state index in [1.807, 2.05) is 0 Å². The van der Waals surface area contributed by atoms with Crippen LogP contribution in [0.4, 0.5) is 4.79 Å². The van der Waals surface area contributed by atoms with Crippen LogP contribution in [-0.2, 0) is 15.3 Å². The Morgan fingerprint density at radius 3 is 2.43 bits per heavy atom. The first-order valence-corrected chi connectivity index (χ1v) is 3.98. The van der Waals surface area contributed by atoms with Gasteiger partial charge in [0.05, 0.1) is 0 Å². The lowest BCUT2D eigenvalue weighted by Crippen LogP contribution is -2.36. The van der Waals surface area contributed by atoms with Crippen LogP contribution in [0.1, 0.15) is 5.56 Å². The molecule has 0 radical (unpaired) electrons. The maximum Gasteiger partial charge on any atom is 0.513 e. The van der Waals surface area contributed by atoms with Crippen molar-refractivity contribution in [3.8, 4) is 0 Å². The molecule has 1 aromatic rings. The minimum atomic E-state index is -2.10. The fraction of sp³-hybridized carbons (Fsp3) is 0.222. The third-order valence-electron chi connectivity index (χ3n) is 1.97. The second kappa shape index (κ2) is 2.97. The van der Waals surface area contributed by atoms with Crippen molar-refractivity contribution in [3.05, 3.63) is 35.9 Å². The van der Waals surface area contributed by atoms with Crippen LogP contribution in [0, 0.1) is 0 Å². The van der Waals surface area contributed by atoms with Gasteiger partial charge in [0.2, 0.25) is 0 Å². The highest BCUT2D eigenvalue weighted by Crippen LogP contribution is 2.32. The zero-order chi connectivity index (χ0) is 10.2. The van der Waals surface area contributed by atoms with E-state index in [1.54, 1.807) is 18.2 Å². The average molecular weight is 196 g/mol. The molecule has 0 saturated carbocycles. The van der Waals surface area contributed by atoms with Gasteiger partial charge in [0.15, 0.2) is 0 Å². The van der Waals surface area contributed by atoms with Crippen molar-refractivity contribution in [1.29, 1.82) is 0 Å². The molecule has 0 aliphatic carbocycles. The lowest BCUT2D eigenvalue weighted by atomic mass is 10.1. The molecule has 1 heterocycles. The summed E-state index contributed by atoms with van der Waals surface area (Å²) in [5, 5.41) is 19.0. The Balaban J connectivity index is 2.38. The molecule has 5 heteroatoms. The van der Waals surface area contributed by atoms with Gasteiger partial charge in [-0.1, -0.05) is 30.3 Å². The van der Waals surface area contributed by atoms with Crippen LogP contribution in [0.25, 0.3) is 0 Å². The van der Waals surface area contributed by atoms with Crippen molar-refractivity contribution in [2.45, 2.75) is 12.1 Å². The Morgan fingerprint density at radius 2 is 1.93 bits per heavy atom. The van der Waals surface area contributed by atoms with E-state index in [9.17, 15) is 15.0 Å². The van der Waals surface area contributed by atoms with Gasteiger partial charge in [0.25, 0.3) is 6.29 Å². The number of benzene rings is 1. The largest absolute Gasteiger partial charge is 0.513 e. The number of cyclic esters (lactones) is 2. The molecule has 2 unspecified atom stereocenters. The number of carbonyl (C=O) groups excluding carboxylic acids is 1. The van der Waals surface area contributed by atoms with Crippen LogP contribution in [0.5, 0.6) is 0 Å². The number of rotatable bonds is 1. The van der Waals surface area contributed by atoms with Crippen molar-refractivity contribution in [3.63, 3.8) is 0 Å². The molecule has 1 aromatic carbocycles. The number of hydrogen-bond donors (Lipinski definition) is 2. The second-order valence-electron chi connectivity index (χ2n) is 2.88. The normalized spacial score (nSPS) is 31.0. The van der Waals surface area contributed by atoms with Gasteiger partial charge in [-0.2, -0.15) is 0 Å². The molecule has 1 fully saturated rings. The van der Waals surface area contributed by atoms with Gasteiger partial charge >= 0.3 is 11.9 Å². The Bertz CT molecular complexity index is 349. The highest BCUT2D eigenvalue weighted by molar-refractivity contribution is 5.63. The molecule has 1 aliphatic heterocycles. The smallest absolute Gasteiger partial charge is 0.397 e. The SMILES string of the molecule is O=C1OC(O)C(O)(c2ccccc2)O1. The predicted octanol–water partition coefficient (Wildman–Crippen LogP) is 0.317. The van der Waals surface area contributed by atoms with Crippen LogP contribution in [-0.4, -0.2) is 22.7 Å². The standard InChI is InChI=1S/C9H8O5/c10-7-9(12,14-8(11)13-7)6-4-2-1-3-5-6/h1-5,7,10,12H. The Kier molecular flexibility index (Phi) is 1.90. The Hall–Kier alpha value is -1.59. The molecule has 1 aliphatic rings. The first-order valence-electron chi connectivity index (χ1n) is 3.98. The van der Waals surface area contributed by atoms with Crippen molar-refractivity contribution < 1.29 is 24.5 Å². The van der Waals surface area contributed by atoms with Gasteiger partial charge in [0, 0.05) is 5.56 Å². The number of ether oxygens (including phenoxy) is 2. The molecule has 2 atom stereocenters. The minimum absolute atomic E-state index is 0.262. The summed E-state index contributed by atoms with van der Waals surface area (Å²) in [4.78, 5) is 10.7. The molecule has 0 spiro atoms. The molecule has 0 amide bonds. The monoisotopic (exact) mass is 196 g/mol. The third-order valence-corrected chi connectivity index (χ3v) is 1.97. The van der Waals surface area contributed by atoms with Crippen LogP contribution < -0.4 is 0 Å². The molecule has 14 heavy (non-hydrogen) atoms. The number of carbonyl (C=O) groups is 1. The molecular formula is C9H8O5. The summed E-state index contributed by atoms with van der Waals surface area (Å²) in [6.07, 6.45) is -2.79. The van der Waals surface area contributed by atoms with E-state index in [-0.39, 0.29) is 5.56 Å². The number of aliphatic hydroxyl groups excluding tert-OH is 1. The fourth-order valence-corrected chi connectivity index (χ4v) is 1.25. The molecule has 5 nitrogen and oxygen atoms in total. The van der Waals surface area contributed by atoms with Crippen LogP contribution in [0.2, 0.25) is 0 Å². The summed E-state index contributed by atoms with van der Waals surface area (Å²) >= 11 is 0. The topological polar surface area (TPSA) is 76.0 Å². The average Bonchev–Trinajstić information content (AvgIpc) is 2.43. The molecule has 0 aromatic heterocycles. The third kappa shape index (κ3) is 1.23. The second-order valence-corrected chi connectivity index (χ2v) is 2.88.